The minimum absolute atomic E-state index is 0.0228. The van der Waals surface area contributed by atoms with Crippen molar-refractivity contribution in [1.82, 2.24) is 19.9 Å². The molecule has 0 radical (unpaired) electrons. The first kappa shape index (κ1) is 16.7. The van der Waals surface area contributed by atoms with Gasteiger partial charge < -0.3 is 20.7 Å². The van der Waals surface area contributed by atoms with Gasteiger partial charge in [0.05, 0.1) is 12.6 Å². The van der Waals surface area contributed by atoms with Crippen LogP contribution in [0.1, 0.15) is 18.9 Å². The molecule has 0 aliphatic heterocycles. The van der Waals surface area contributed by atoms with Crippen LogP contribution in [0.4, 0.5) is 11.8 Å². The molecule has 0 aliphatic carbocycles. The number of anilines is 2. The van der Waals surface area contributed by atoms with Gasteiger partial charge in [0.2, 0.25) is 5.95 Å². The van der Waals surface area contributed by atoms with Crippen LogP contribution >= 0.6 is 15.9 Å². The highest BCUT2D eigenvalue weighted by atomic mass is 79.9. The highest BCUT2D eigenvalue weighted by molar-refractivity contribution is 9.10. The number of aromatic amines is 1. The molecular weight excluding hydrogens is 372 g/mol. The number of rotatable bonds is 7. The molecule has 1 aromatic carbocycles. The summed E-state index contributed by atoms with van der Waals surface area (Å²) in [5.41, 5.74) is 2.45. The quantitative estimate of drug-likeness (QED) is 0.463. The van der Waals surface area contributed by atoms with Gasteiger partial charge in [-0.3, -0.25) is 0 Å². The number of nitrogens with zero attached hydrogens (tertiary/aromatic N) is 3. The predicted molar refractivity (Wildman–Crippen MR) is 97.9 cm³/mol. The van der Waals surface area contributed by atoms with Crippen molar-refractivity contribution in [2.45, 2.75) is 25.9 Å². The van der Waals surface area contributed by atoms with Gasteiger partial charge in [-0.2, -0.15) is 9.97 Å². The Kier molecular flexibility index (Phi) is 5.27. The Morgan fingerprint density at radius 2 is 2.00 bits per heavy atom. The lowest BCUT2D eigenvalue weighted by molar-refractivity contribution is 0.271. The largest absolute Gasteiger partial charge is 0.394 e. The highest BCUT2D eigenvalue weighted by Crippen LogP contribution is 2.23. The second-order valence-electron chi connectivity index (χ2n) is 5.39. The van der Waals surface area contributed by atoms with Crippen molar-refractivity contribution < 1.29 is 5.11 Å². The fourth-order valence-corrected chi connectivity index (χ4v) is 2.67. The molecule has 1 atom stereocenters. The summed E-state index contributed by atoms with van der Waals surface area (Å²) in [6.07, 6.45) is 0.773. The first-order valence-electron chi connectivity index (χ1n) is 7.78. The third-order valence-corrected chi connectivity index (χ3v) is 4.05. The minimum atomic E-state index is -0.0909. The van der Waals surface area contributed by atoms with E-state index in [-0.39, 0.29) is 12.6 Å². The molecule has 0 aliphatic rings. The van der Waals surface area contributed by atoms with Crippen molar-refractivity contribution >= 4 is 38.9 Å². The molecule has 0 bridgehead atoms. The van der Waals surface area contributed by atoms with Crippen molar-refractivity contribution in [3.63, 3.8) is 0 Å². The van der Waals surface area contributed by atoms with E-state index >= 15 is 0 Å². The van der Waals surface area contributed by atoms with Gasteiger partial charge >= 0.3 is 0 Å². The molecule has 0 amide bonds. The fraction of sp³-hybridized carbons (Fsp3) is 0.312. The van der Waals surface area contributed by atoms with Crippen molar-refractivity contribution in [1.29, 1.82) is 0 Å². The Labute approximate surface area is 148 Å². The summed E-state index contributed by atoms with van der Waals surface area (Å²) < 4.78 is 0.598. The SMILES string of the molecule is CCC(CO)Nc1nc(NCc2ccccc2)c2[nH]c(Br)nc2n1. The van der Waals surface area contributed by atoms with E-state index < -0.39 is 0 Å². The number of benzene rings is 1. The Morgan fingerprint density at radius 3 is 2.71 bits per heavy atom. The molecule has 1 unspecified atom stereocenters. The molecule has 7 nitrogen and oxygen atoms in total. The van der Waals surface area contributed by atoms with Gasteiger partial charge in [-0.25, -0.2) is 4.98 Å². The van der Waals surface area contributed by atoms with Gasteiger partial charge in [0.15, 0.2) is 16.2 Å². The van der Waals surface area contributed by atoms with E-state index in [0.29, 0.717) is 28.7 Å². The molecule has 0 spiro atoms. The number of hydrogen-bond acceptors (Lipinski definition) is 6. The second kappa shape index (κ2) is 7.59. The number of imidazole rings is 1. The molecule has 0 saturated carbocycles. The molecule has 8 heteroatoms. The Morgan fingerprint density at radius 1 is 1.21 bits per heavy atom. The van der Waals surface area contributed by atoms with E-state index in [1.165, 1.54) is 0 Å². The number of H-pyrrole nitrogens is 1. The van der Waals surface area contributed by atoms with E-state index in [9.17, 15) is 5.11 Å². The number of hydrogen-bond donors (Lipinski definition) is 4. The van der Waals surface area contributed by atoms with Crippen molar-refractivity contribution in [2.24, 2.45) is 0 Å². The van der Waals surface area contributed by atoms with Crippen molar-refractivity contribution in [3.8, 4) is 0 Å². The second-order valence-corrected chi connectivity index (χ2v) is 6.14. The van der Waals surface area contributed by atoms with Crippen LogP contribution < -0.4 is 10.6 Å². The first-order valence-corrected chi connectivity index (χ1v) is 8.57. The van der Waals surface area contributed by atoms with Crippen LogP contribution in [-0.4, -0.2) is 37.7 Å². The first-order chi connectivity index (χ1) is 11.7. The zero-order chi connectivity index (χ0) is 16.9. The summed E-state index contributed by atoms with van der Waals surface area (Å²) in [5, 5.41) is 15.8. The number of aliphatic hydroxyl groups is 1. The topological polar surface area (TPSA) is 98.8 Å². The van der Waals surface area contributed by atoms with Crippen molar-refractivity contribution in [3.05, 3.63) is 40.6 Å². The average molecular weight is 391 g/mol. The third-order valence-electron chi connectivity index (χ3n) is 3.67. The summed E-state index contributed by atoms with van der Waals surface area (Å²) in [6.45, 7) is 2.65. The lowest BCUT2D eigenvalue weighted by Crippen LogP contribution is -2.24. The average Bonchev–Trinajstić information content (AvgIpc) is 2.98. The molecule has 0 saturated heterocycles. The Balaban J connectivity index is 1.89. The molecule has 0 fully saturated rings. The molecule has 3 aromatic rings. The van der Waals surface area contributed by atoms with Crippen LogP contribution in [0.25, 0.3) is 11.2 Å². The predicted octanol–water partition coefficient (Wildman–Crippen LogP) is 2.91. The van der Waals surface area contributed by atoms with E-state index in [4.69, 9.17) is 0 Å². The molecule has 24 heavy (non-hydrogen) atoms. The van der Waals surface area contributed by atoms with Crippen LogP contribution in [0.3, 0.4) is 0 Å². The maximum absolute atomic E-state index is 9.36. The molecule has 2 aromatic heterocycles. The van der Waals surface area contributed by atoms with Gasteiger partial charge in [0.25, 0.3) is 0 Å². The van der Waals surface area contributed by atoms with E-state index in [0.717, 1.165) is 17.5 Å². The zero-order valence-electron chi connectivity index (χ0n) is 13.3. The maximum atomic E-state index is 9.36. The summed E-state index contributed by atoms with van der Waals surface area (Å²) in [6, 6.07) is 9.99. The maximum Gasteiger partial charge on any atom is 0.227 e. The standard InChI is InChI=1S/C16H19BrN6O/c1-2-11(9-24)19-16-22-13(12-14(23-16)21-15(17)20-12)18-8-10-6-4-3-5-7-10/h3-7,11,24H,2,8-9H2,1H3,(H3,18,19,20,21,22,23). The van der Waals surface area contributed by atoms with Gasteiger partial charge in [0.1, 0.15) is 5.52 Å². The number of halogens is 1. The third kappa shape index (κ3) is 3.82. The van der Waals surface area contributed by atoms with Gasteiger partial charge in [-0.05, 0) is 27.9 Å². The summed E-state index contributed by atoms with van der Waals surface area (Å²) >= 11 is 3.33. The van der Waals surface area contributed by atoms with Gasteiger partial charge in [-0.15, -0.1) is 0 Å². The number of aliphatic hydroxyl groups excluding tert-OH is 1. The summed E-state index contributed by atoms with van der Waals surface area (Å²) in [5.74, 6) is 1.11. The highest BCUT2D eigenvalue weighted by Gasteiger charge is 2.14. The number of fused-ring (bicyclic) bond motifs is 1. The van der Waals surface area contributed by atoms with Crippen molar-refractivity contribution in [2.75, 3.05) is 17.2 Å². The van der Waals surface area contributed by atoms with E-state index in [2.05, 4.69) is 46.5 Å². The van der Waals surface area contributed by atoms with E-state index in [1.807, 2.05) is 37.3 Å². The molecule has 2 heterocycles. The van der Waals surface area contributed by atoms with Gasteiger partial charge in [0, 0.05) is 6.54 Å². The lowest BCUT2D eigenvalue weighted by Gasteiger charge is -2.15. The van der Waals surface area contributed by atoms with Gasteiger partial charge in [-0.1, -0.05) is 37.3 Å². The molecular formula is C16H19BrN6O. The monoisotopic (exact) mass is 390 g/mol. The summed E-state index contributed by atoms with van der Waals surface area (Å²) in [7, 11) is 0. The number of nitrogens with one attached hydrogen (secondary N) is 3. The number of aromatic nitrogens is 4. The smallest absolute Gasteiger partial charge is 0.227 e. The normalized spacial score (nSPS) is 12.3. The molecule has 4 N–H and O–H groups in total. The van der Waals surface area contributed by atoms with Crippen LogP contribution in [-0.2, 0) is 6.54 Å². The van der Waals surface area contributed by atoms with Crippen LogP contribution in [0.15, 0.2) is 35.1 Å². The molecule has 126 valence electrons. The lowest BCUT2D eigenvalue weighted by atomic mass is 10.2. The van der Waals surface area contributed by atoms with Crippen LogP contribution in [0.5, 0.6) is 0 Å². The zero-order valence-corrected chi connectivity index (χ0v) is 14.8. The van der Waals surface area contributed by atoms with E-state index in [1.54, 1.807) is 0 Å². The van der Waals surface area contributed by atoms with Crippen LogP contribution in [0.2, 0.25) is 0 Å². The summed E-state index contributed by atoms with van der Waals surface area (Å²) in [4.78, 5) is 16.4. The fourth-order valence-electron chi connectivity index (χ4n) is 2.30. The Hall–Kier alpha value is -2.19. The minimum Gasteiger partial charge on any atom is -0.394 e. The van der Waals surface area contributed by atoms with Crippen LogP contribution in [0, 0.1) is 0 Å². The Bertz CT molecular complexity index is 803. The molecule has 3 rings (SSSR count).